The van der Waals surface area contributed by atoms with Gasteiger partial charge in [0, 0.05) is 7.11 Å². The van der Waals surface area contributed by atoms with E-state index in [1.54, 1.807) is 26.2 Å². The largest absolute Gasteiger partial charge is 0.467 e. The number of nitrogens with one attached hydrogen (secondary N) is 1. The van der Waals surface area contributed by atoms with Gasteiger partial charge >= 0.3 is 0 Å². The lowest BCUT2D eigenvalue weighted by molar-refractivity contribution is -0.127. The second-order valence-corrected chi connectivity index (χ2v) is 3.62. The Bertz CT molecular complexity index is 310. The number of furan rings is 1. The number of aliphatic hydroxyl groups is 1. The lowest BCUT2D eigenvalue weighted by Gasteiger charge is -2.17. The van der Waals surface area contributed by atoms with Gasteiger partial charge in [0.25, 0.3) is 0 Å². The van der Waals surface area contributed by atoms with Crippen molar-refractivity contribution in [2.24, 2.45) is 5.92 Å². The van der Waals surface area contributed by atoms with Crippen molar-refractivity contribution in [2.45, 2.75) is 13.0 Å². The van der Waals surface area contributed by atoms with Crippen LogP contribution in [-0.2, 0) is 9.53 Å². The minimum absolute atomic E-state index is 0.169. The minimum atomic E-state index is -0.498. The smallest absolute Gasteiger partial charge is 0.225 e. The molecule has 1 rings (SSSR count). The van der Waals surface area contributed by atoms with Crippen LogP contribution in [0.1, 0.15) is 18.7 Å². The van der Waals surface area contributed by atoms with E-state index in [0.717, 1.165) is 0 Å². The Morgan fingerprint density at radius 1 is 1.69 bits per heavy atom. The molecule has 0 aromatic carbocycles. The highest BCUT2D eigenvalue weighted by Crippen LogP contribution is 2.13. The van der Waals surface area contributed by atoms with Gasteiger partial charge in [-0.15, -0.1) is 0 Å². The van der Waals surface area contributed by atoms with Gasteiger partial charge in [-0.3, -0.25) is 4.79 Å². The van der Waals surface area contributed by atoms with Crippen molar-refractivity contribution in [1.29, 1.82) is 0 Å². The molecule has 5 heteroatoms. The number of amides is 1. The van der Waals surface area contributed by atoms with Crippen molar-refractivity contribution in [1.82, 2.24) is 5.32 Å². The molecule has 1 aromatic rings. The van der Waals surface area contributed by atoms with Gasteiger partial charge in [0.1, 0.15) is 11.8 Å². The zero-order chi connectivity index (χ0) is 12.0. The summed E-state index contributed by atoms with van der Waals surface area (Å²) in [4.78, 5) is 11.7. The summed E-state index contributed by atoms with van der Waals surface area (Å²) in [5, 5.41) is 11.8. The lowest BCUT2D eigenvalue weighted by Crippen LogP contribution is -2.36. The average Bonchev–Trinajstić information content (AvgIpc) is 2.79. The van der Waals surface area contributed by atoms with Crippen LogP contribution in [0.25, 0.3) is 0 Å². The Labute approximate surface area is 94.4 Å². The molecule has 0 fully saturated rings. The topological polar surface area (TPSA) is 71.7 Å². The van der Waals surface area contributed by atoms with Crippen LogP contribution < -0.4 is 5.32 Å². The molecule has 1 amide bonds. The fraction of sp³-hybridized carbons (Fsp3) is 0.545. The first kappa shape index (κ1) is 12.7. The zero-order valence-corrected chi connectivity index (χ0v) is 9.47. The van der Waals surface area contributed by atoms with Crippen LogP contribution in [0.4, 0.5) is 0 Å². The van der Waals surface area contributed by atoms with Crippen LogP contribution in [0.15, 0.2) is 22.8 Å². The molecule has 0 aliphatic rings. The molecule has 2 N–H and O–H groups in total. The van der Waals surface area contributed by atoms with Crippen LogP contribution in [0.5, 0.6) is 0 Å². The zero-order valence-electron chi connectivity index (χ0n) is 9.47. The third-order valence-corrected chi connectivity index (χ3v) is 2.25. The Kier molecular flexibility index (Phi) is 5.01. The van der Waals surface area contributed by atoms with E-state index in [1.165, 1.54) is 6.26 Å². The van der Waals surface area contributed by atoms with Gasteiger partial charge in [0.05, 0.1) is 25.4 Å². The van der Waals surface area contributed by atoms with Crippen molar-refractivity contribution in [2.75, 3.05) is 20.3 Å². The summed E-state index contributed by atoms with van der Waals surface area (Å²) in [6, 6.07) is 2.92. The highest BCUT2D eigenvalue weighted by molar-refractivity contribution is 5.78. The van der Waals surface area contributed by atoms with E-state index in [4.69, 9.17) is 14.3 Å². The standard InChI is InChI=1S/C11H17NO4/c1-8(7-15-2)11(14)12-9(6-13)10-4-3-5-16-10/h3-5,8-9,13H,6-7H2,1-2H3,(H,12,14). The molecule has 0 saturated heterocycles. The van der Waals surface area contributed by atoms with E-state index in [9.17, 15) is 4.79 Å². The monoisotopic (exact) mass is 227 g/mol. The fourth-order valence-corrected chi connectivity index (χ4v) is 1.34. The molecular formula is C11H17NO4. The third kappa shape index (κ3) is 3.36. The SMILES string of the molecule is COCC(C)C(=O)NC(CO)c1ccco1. The van der Waals surface area contributed by atoms with Crippen molar-refractivity contribution >= 4 is 5.91 Å². The van der Waals surface area contributed by atoms with E-state index in [-0.39, 0.29) is 18.4 Å². The number of carbonyl (C=O) groups excluding carboxylic acids is 1. The molecular weight excluding hydrogens is 210 g/mol. The quantitative estimate of drug-likeness (QED) is 0.750. The maximum Gasteiger partial charge on any atom is 0.225 e. The molecule has 0 aliphatic heterocycles. The molecule has 1 heterocycles. The highest BCUT2D eigenvalue weighted by Gasteiger charge is 2.19. The predicted octanol–water partition coefficient (Wildman–Crippen LogP) is 0.712. The van der Waals surface area contributed by atoms with Crippen LogP contribution >= 0.6 is 0 Å². The highest BCUT2D eigenvalue weighted by atomic mass is 16.5. The molecule has 0 saturated carbocycles. The molecule has 0 bridgehead atoms. The van der Waals surface area contributed by atoms with Gasteiger partial charge in [-0.1, -0.05) is 6.92 Å². The first-order valence-corrected chi connectivity index (χ1v) is 5.12. The molecule has 0 radical (unpaired) electrons. The van der Waals surface area contributed by atoms with E-state index in [2.05, 4.69) is 5.32 Å². The van der Waals surface area contributed by atoms with E-state index >= 15 is 0 Å². The molecule has 1 aromatic heterocycles. The van der Waals surface area contributed by atoms with Crippen LogP contribution in [0.3, 0.4) is 0 Å². The van der Waals surface area contributed by atoms with Gasteiger partial charge in [0.2, 0.25) is 5.91 Å². The summed E-state index contributed by atoms with van der Waals surface area (Å²) in [5.74, 6) is 0.117. The van der Waals surface area contributed by atoms with Crippen molar-refractivity contribution in [3.8, 4) is 0 Å². The predicted molar refractivity (Wildman–Crippen MR) is 57.7 cm³/mol. The van der Waals surface area contributed by atoms with E-state index in [1.807, 2.05) is 0 Å². The summed E-state index contributed by atoms with van der Waals surface area (Å²) in [6.45, 7) is 1.91. The number of hydrogen-bond donors (Lipinski definition) is 2. The van der Waals surface area contributed by atoms with E-state index in [0.29, 0.717) is 12.4 Å². The van der Waals surface area contributed by atoms with Crippen LogP contribution in [0, 0.1) is 5.92 Å². The summed E-state index contributed by atoms with van der Waals surface area (Å²) < 4.78 is 10.0. The number of ether oxygens (including phenoxy) is 1. The number of rotatable bonds is 6. The second-order valence-electron chi connectivity index (χ2n) is 3.62. The molecule has 2 unspecified atom stereocenters. The van der Waals surface area contributed by atoms with Gasteiger partial charge in [-0.25, -0.2) is 0 Å². The van der Waals surface area contributed by atoms with Crippen LogP contribution in [0.2, 0.25) is 0 Å². The molecule has 0 spiro atoms. The van der Waals surface area contributed by atoms with Crippen molar-refractivity contribution in [3.63, 3.8) is 0 Å². The van der Waals surface area contributed by atoms with Gasteiger partial charge in [-0.2, -0.15) is 0 Å². The molecule has 0 aliphatic carbocycles. The fourth-order valence-electron chi connectivity index (χ4n) is 1.34. The minimum Gasteiger partial charge on any atom is -0.467 e. The normalized spacial score (nSPS) is 14.4. The first-order valence-electron chi connectivity index (χ1n) is 5.12. The third-order valence-electron chi connectivity index (χ3n) is 2.25. The first-order chi connectivity index (χ1) is 7.69. The van der Waals surface area contributed by atoms with E-state index < -0.39 is 6.04 Å². The molecule has 2 atom stereocenters. The average molecular weight is 227 g/mol. The summed E-state index contributed by atoms with van der Waals surface area (Å²) in [7, 11) is 1.54. The lowest BCUT2D eigenvalue weighted by atomic mass is 10.1. The summed E-state index contributed by atoms with van der Waals surface area (Å²) in [6.07, 6.45) is 1.50. The number of methoxy groups -OCH3 is 1. The van der Waals surface area contributed by atoms with Crippen molar-refractivity contribution in [3.05, 3.63) is 24.2 Å². The Balaban J connectivity index is 2.54. The number of hydrogen-bond acceptors (Lipinski definition) is 4. The second kappa shape index (κ2) is 6.30. The molecule has 16 heavy (non-hydrogen) atoms. The Morgan fingerprint density at radius 3 is 2.94 bits per heavy atom. The summed E-state index contributed by atoms with van der Waals surface area (Å²) in [5.41, 5.74) is 0. The van der Waals surface area contributed by atoms with Crippen molar-refractivity contribution < 1.29 is 19.1 Å². The maximum absolute atomic E-state index is 11.7. The number of carbonyl (C=O) groups is 1. The number of aliphatic hydroxyl groups excluding tert-OH is 1. The van der Waals surface area contributed by atoms with Gasteiger partial charge in [0.15, 0.2) is 0 Å². The molecule has 90 valence electrons. The Hall–Kier alpha value is -1.33. The Morgan fingerprint density at radius 2 is 2.44 bits per heavy atom. The maximum atomic E-state index is 11.7. The van der Waals surface area contributed by atoms with Gasteiger partial charge < -0.3 is 19.6 Å². The molecule has 5 nitrogen and oxygen atoms in total. The summed E-state index contributed by atoms with van der Waals surface area (Å²) >= 11 is 0. The van der Waals surface area contributed by atoms with Gasteiger partial charge in [-0.05, 0) is 12.1 Å². The van der Waals surface area contributed by atoms with Crippen LogP contribution in [-0.4, -0.2) is 31.3 Å².